The average Bonchev–Trinajstić information content (AvgIpc) is 3.36. The Hall–Kier alpha value is -3.19. The summed E-state index contributed by atoms with van der Waals surface area (Å²) in [7, 11) is 1.68. The van der Waals surface area contributed by atoms with Crippen molar-refractivity contribution in [3.05, 3.63) is 54.1 Å². The van der Waals surface area contributed by atoms with Gasteiger partial charge < -0.3 is 19.1 Å². The highest BCUT2D eigenvalue weighted by Gasteiger charge is 2.11. The first-order valence-electron chi connectivity index (χ1n) is 12.2. The Bertz CT molecular complexity index is 960. The van der Waals surface area contributed by atoms with Gasteiger partial charge >= 0.3 is 5.97 Å². The van der Waals surface area contributed by atoms with Crippen molar-refractivity contribution in [2.24, 2.45) is 5.92 Å². The molecule has 1 N–H and O–H groups in total. The fourth-order valence-electron chi connectivity index (χ4n) is 2.93. The highest BCUT2D eigenvalue weighted by molar-refractivity contribution is 5.69. The molecule has 0 aliphatic heterocycles. The molecule has 1 aromatic heterocycles. The number of methoxy groups -OCH3 is 1. The summed E-state index contributed by atoms with van der Waals surface area (Å²) in [6, 6.07) is 15.9. The molecule has 3 rings (SSSR count). The zero-order valence-corrected chi connectivity index (χ0v) is 22.1. The lowest BCUT2D eigenvalue weighted by Crippen LogP contribution is -2.10. The van der Waals surface area contributed by atoms with Crippen LogP contribution in [0.5, 0.6) is 5.75 Å². The molecule has 0 bridgehead atoms. The first-order chi connectivity index (χ1) is 16.8. The Morgan fingerprint density at radius 3 is 1.89 bits per heavy atom. The molecule has 0 unspecified atom stereocenters. The third kappa shape index (κ3) is 10.7. The molecule has 35 heavy (non-hydrogen) atoms. The maximum Gasteiger partial charge on any atom is 0.306 e. The molecule has 2 aromatic carbocycles. The van der Waals surface area contributed by atoms with Gasteiger partial charge in [0.05, 0.1) is 12.0 Å². The van der Waals surface area contributed by atoms with E-state index in [1.54, 1.807) is 7.11 Å². The van der Waals surface area contributed by atoms with E-state index < -0.39 is 5.97 Å². The maximum absolute atomic E-state index is 10.2. The van der Waals surface area contributed by atoms with Crippen molar-refractivity contribution < 1.29 is 23.9 Å². The van der Waals surface area contributed by atoms with Crippen LogP contribution in [0, 0.1) is 5.92 Å². The van der Waals surface area contributed by atoms with Gasteiger partial charge in [-0.25, -0.2) is 0 Å². The van der Waals surface area contributed by atoms with Gasteiger partial charge in [-0.15, -0.1) is 0 Å². The van der Waals surface area contributed by atoms with Crippen LogP contribution in [0.1, 0.15) is 59.9 Å². The second-order valence-electron chi connectivity index (χ2n) is 8.09. The van der Waals surface area contributed by atoms with E-state index in [9.17, 15) is 4.79 Å². The number of hydrogen-bond donors (Lipinski definition) is 1. The number of carbonyl (C=O) groups is 1. The molecule has 0 saturated carbocycles. The molecule has 3 aromatic rings. The van der Waals surface area contributed by atoms with Gasteiger partial charge in [0.2, 0.25) is 5.82 Å². The molecular formula is C28H40N2O5. The number of aromatic nitrogens is 2. The predicted molar refractivity (Wildman–Crippen MR) is 140 cm³/mol. The largest absolute Gasteiger partial charge is 0.491 e. The quantitative estimate of drug-likeness (QED) is 0.352. The minimum atomic E-state index is -0.671. The third-order valence-electron chi connectivity index (χ3n) is 5.14. The van der Waals surface area contributed by atoms with E-state index in [0.717, 1.165) is 42.7 Å². The second-order valence-corrected chi connectivity index (χ2v) is 8.09. The maximum atomic E-state index is 10.2. The van der Waals surface area contributed by atoms with Crippen LogP contribution >= 0.6 is 0 Å². The Morgan fingerprint density at radius 2 is 1.49 bits per heavy atom. The third-order valence-corrected chi connectivity index (χ3v) is 5.14. The van der Waals surface area contributed by atoms with Crippen molar-refractivity contribution in [1.82, 2.24) is 10.1 Å². The molecule has 7 heteroatoms. The summed E-state index contributed by atoms with van der Waals surface area (Å²) in [4.78, 5) is 14.6. The van der Waals surface area contributed by atoms with Gasteiger partial charge in [0.1, 0.15) is 5.75 Å². The lowest BCUT2D eigenvalue weighted by molar-refractivity contribution is -0.141. The smallest absolute Gasteiger partial charge is 0.306 e. The summed E-state index contributed by atoms with van der Waals surface area (Å²) in [6.45, 7) is 12.7. The number of hydrogen-bond acceptors (Lipinski definition) is 6. The molecular weight excluding hydrogens is 444 g/mol. The van der Waals surface area contributed by atoms with Crippen molar-refractivity contribution in [3.8, 4) is 28.6 Å². The van der Waals surface area contributed by atoms with Gasteiger partial charge in [0.15, 0.2) is 0 Å². The number of carboxylic acid groups (broad SMARTS) is 1. The monoisotopic (exact) mass is 484 g/mol. The number of rotatable bonds is 9. The van der Waals surface area contributed by atoms with E-state index >= 15 is 0 Å². The van der Waals surface area contributed by atoms with E-state index in [-0.39, 0.29) is 12.0 Å². The first kappa shape index (κ1) is 29.8. The summed E-state index contributed by atoms with van der Waals surface area (Å²) in [5.41, 5.74) is 3.12. The van der Waals surface area contributed by atoms with Gasteiger partial charge in [-0.3, -0.25) is 4.79 Å². The van der Waals surface area contributed by atoms with E-state index in [4.69, 9.17) is 14.4 Å². The average molecular weight is 485 g/mol. The molecule has 192 valence electrons. The zero-order valence-electron chi connectivity index (χ0n) is 22.1. The molecule has 0 aliphatic carbocycles. The summed E-state index contributed by atoms with van der Waals surface area (Å²) in [6.07, 6.45) is 2.65. The van der Waals surface area contributed by atoms with E-state index in [2.05, 4.69) is 33.9 Å². The normalized spacial score (nSPS) is 10.3. The van der Waals surface area contributed by atoms with Crippen LogP contribution in [-0.4, -0.2) is 41.0 Å². The molecule has 0 radical (unpaired) electrons. The lowest BCUT2D eigenvalue weighted by Gasteiger charge is -2.09. The van der Waals surface area contributed by atoms with Gasteiger partial charge in [0, 0.05) is 24.8 Å². The van der Waals surface area contributed by atoms with E-state index in [0.29, 0.717) is 11.7 Å². The van der Waals surface area contributed by atoms with Gasteiger partial charge in [0.25, 0.3) is 5.89 Å². The topological polar surface area (TPSA) is 94.7 Å². The molecule has 7 nitrogen and oxygen atoms in total. The summed E-state index contributed by atoms with van der Waals surface area (Å²) in [5, 5.41) is 12.4. The van der Waals surface area contributed by atoms with Gasteiger partial charge in [-0.2, -0.15) is 4.98 Å². The van der Waals surface area contributed by atoms with Crippen LogP contribution in [-0.2, 0) is 16.0 Å². The Labute approximate surface area is 209 Å². The fourth-order valence-corrected chi connectivity index (χ4v) is 2.93. The molecule has 0 spiro atoms. The molecule has 1 heterocycles. The highest BCUT2D eigenvalue weighted by atomic mass is 16.5. The van der Waals surface area contributed by atoms with Crippen LogP contribution in [0.4, 0.5) is 0 Å². The van der Waals surface area contributed by atoms with Crippen molar-refractivity contribution >= 4 is 5.97 Å². The number of nitrogens with zero attached hydrogens (tertiary/aromatic N) is 2. The standard InChI is InChI=1S/C19H20N2O2.C6H12O2.C3H8O/c1-4-14-5-7-16(8-6-14)19-20-18(21-23-19)15-9-11-17(12-10-15)22-13(2)3;1-3-5(4-2)6(7)8;1-3-4-2/h5-13H,4H2,1-3H3;5H,3-4H2,1-2H3,(H,7,8);3H2,1-2H3. The zero-order chi connectivity index (χ0) is 26.2. The SMILES string of the molecule is CCC(CC)C(=O)O.CCOC.CCc1ccc(-c2nc(-c3ccc(OC(C)C)cc3)no2)cc1. The second kappa shape index (κ2) is 16.4. The number of aliphatic carboxylic acids is 1. The van der Waals surface area contributed by atoms with Crippen molar-refractivity contribution in [2.45, 2.75) is 66.9 Å². The Kier molecular flexibility index (Phi) is 14.0. The molecule has 0 atom stereocenters. The number of aryl methyl sites for hydroxylation is 1. The van der Waals surface area contributed by atoms with Crippen molar-refractivity contribution in [1.29, 1.82) is 0 Å². The van der Waals surface area contributed by atoms with Crippen LogP contribution in [0.15, 0.2) is 53.1 Å². The molecule has 0 fully saturated rings. The predicted octanol–water partition coefficient (Wildman–Crippen LogP) is 6.91. The number of carboxylic acids is 1. The first-order valence-corrected chi connectivity index (χ1v) is 12.2. The van der Waals surface area contributed by atoms with Crippen LogP contribution in [0.25, 0.3) is 22.8 Å². The summed E-state index contributed by atoms with van der Waals surface area (Å²) in [5.74, 6) is 1.15. The Morgan fingerprint density at radius 1 is 0.943 bits per heavy atom. The molecule has 0 amide bonds. The van der Waals surface area contributed by atoms with Gasteiger partial charge in [-0.1, -0.05) is 38.1 Å². The van der Waals surface area contributed by atoms with Crippen LogP contribution in [0.2, 0.25) is 0 Å². The number of ether oxygens (including phenoxy) is 2. The Balaban J connectivity index is 0.000000427. The van der Waals surface area contributed by atoms with Gasteiger partial charge in [-0.05, 0) is 82.0 Å². The lowest BCUT2D eigenvalue weighted by atomic mass is 10.1. The van der Waals surface area contributed by atoms with Crippen molar-refractivity contribution in [2.75, 3.05) is 13.7 Å². The molecule has 0 saturated heterocycles. The molecule has 0 aliphatic rings. The highest BCUT2D eigenvalue weighted by Crippen LogP contribution is 2.24. The minimum Gasteiger partial charge on any atom is -0.491 e. The summed E-state index contributed by atoms with van der Waals surface area (Å²) >= 11 is 0. The van der Waals surface area contributed by atoms with Crippen LogP contribution in [0.3, 0.4) is 0 Å². The van der Waals surface area contributed by atoms with Crippen molar-refractivity contribution in [3.63, 3.8) is 0 Å². The van der Waals surface area contributed by atoms with E-state index in [1.807, 2.05) is 71.0 Å². The minimum absolute atomic E-state index is 0.130. The fraction of sp³-hybridized carbons (Fsp3) is 0.464. The van der Waals surface area contributed by atoms with E-state index in [1.165, 1.54) is 5.56 Å². The number of benzene rings is 2. The van der Waals surface area contributed by atoms with Crippen LogP contribution < -0.4 is 4.74 Å². The summed E-state index contributed by atoms with van der Waals surface area (Å²) < 4.78 is 15.6.